The highest BCUT2D eigenvalue weighted by molar-refractivity contribution is 8.00. The lowest BCUT2D eigenvalue weighted by molar-refractivity contribution is -0.113. The van der Waals surface area contributed by atoms with E-state index in [1.54, 1.807) is 11.8 Å². The number of carbonyl (C=O) groups is 1. The molecular formula is C14H17N3OS3. The van der Waals surface area contributed by atoms with E-state index >= 15 is 0 Å². The Morgan fingerprint density at radius 3 is 2.76 bits per heavy atom. The molecule has 1 N–H and O–H groups in total. The van der Waals surface area contributed by atoms with Gasteiger partial charge in [-0.2, -0.15) is 9.36 Å². The Balaban J connectivity index is 1.78. The van der Waals surface area contributed by atoms with E-state index in [-0.39, 0.29) is 5.91 Å². The predicted octanol–water partition coefficient (Wildman–Crippen LogP) is 4.08. The molecule has 0 saturated carbocycles. The van der Waals surface area contributed by atoms with Gasteiger partial charge in [0, 0.05) is 22.2 Å². The molecule has 0 aliphatic heterocycles. The minimum absolute atomic E-state index is 0.0521. The van der Waals surface area contributed by atoms with E-state index in [9.17, 15) is 4.79 Å². The molecule has 0 unspecified atom stereocenters. The van der Waals surface area contributed by atoms with Crippen molar-refractivity contribution in [2.24, 2.45) is 0 Å². The number of hydrogen-bond acceptors (Lipinski definition) is 6. The number of carbonyl (C=O) groups excluding carboxylic acids is 1. The molecule has 2 aromatic rings. The molecule has 0 fully saturated rings. The maximum Gasteiger partial charge on any atom is 0.236 e. The van der Waals surface area contributed by atoms with Crippen molar-refractivity contribution in [1.82, 2.24) is 9.36 Å². The number of hydrogen-bond donors (Lipinski definition) is 1. The Morgan fingerprint density at radius 2 is 2.05 bits per heavy atom. The summed E-state index contributed by atoms with van der Waals surface area (Å²) in [7, 11) is 0. The van der Waals surface area contributed by atoms with Crippen LogP contribution in [0.25, 0.3) is 0 Å². The first-order valence-electron chi connectivity index (χ1n) is 6.63. The third-order valence-electron chi connectivity index (χ3n) is 2.48. The molecule has 0 saturated heterocycles. The fourth-order valence-electron chi connectivity index (χ4n) is 1.45. The highest BCUT2D eigenvalue weighted by atomic mass is 32.2. The molecule has 4 nitrogen and oxygen atoms in total. The Bertz CT molecular complexity index is 583. The van der Waals surface area contributed by atoms with Crippen LogP contribution >= 0.6 is 35.1 Å². The van der Waals surface area contributed by atoms with Gasteiger partial charge in [0.2, 0.25) is 16.2 Å². The van der Waals surface area contributed by atoms with Crippen LogP contribution in [0.15, 0.2) is 34.3 Å². The van der Waals surface area contributed by atoms with Crippen LogP contribution in [0.3, 0.4) is 0 Å². The average Bonchev–Trinajstić information content (AvgIpc) is 2.92. The normalized spacial score (nSPS) is 10.6. The summed E-state index contributed by atoms with van der Waals surface area (Å²) in [5.74, 6) is 1.32. The molecule has 112 valence electrons. The molecule has 0 bridgehead atoms. The molecule has 7 heteroatoms. The molecule has 0 radical (unpaired) electrons. The number of amides is 1. The minimum atomic E-state index is -0.0521. The van der Waals surface area contributed by atoms with Gasteiger partial charge in [-0.05, 0) is 25.5 Å². The average molecular weight is 340 g/mol. The zero-order valence-electron chi connectivity index (χ0n) is 12.0. The van der Waals surface area contributed by atoms with Crippen LogP contribution in [0.2, 0.25) is 0 Å². The van der Waals surface area contributed by atoms with Gasteiger partial charge in [-0.15, -0.1) is 11.8 Å². The van der Waals surface area contributed by atoms with E-state index < -0.39 is 0 Å². The van der Waals surface area contributed by atoms with Gasteiger partial charge in [-0.25, -0.2) is 0 Å². The summed E-state index contributed by atoms with van der Waals surface area (Å²) in [6, 6.07) is 8.14. The summed E-state index contributed by atoms with van der Waals surface area (Å²) in [5, 5.41) is 4.10. The van der Waals surface area contributed by atoms with Gasteiger partial charge in [0.15, 0.2) is 0 Å². The van der Waals surface area contributed by atoms with Gasteiger partial charge in [0.05, 0.1) is 5.75 Å². The summed E-state index contributed by atoms with van der Waals surface area (Å²) in [4.78, 5) is 17.2. The fraction of sp³-hybridized carbons (Fsp3) is 0.357. The third-order valence-corrected chi connectivity index (χ3v) is 5.29. The highest BCUT2D eigenvalue weighted by Crippen LogP contribution is 2.22. The summed E-state index contributed by atoms with van der Waals surface area (Å²) in [5.41, 5.74) is 1.22. The summed E-state index contributed by atoms with van der Waals surface area (Å²) < 4.78 is 4.21. The Labute approximate surface area is 137 Å². The number of rotatable bonds is 7. The summed E-state index contributed by atoms with van der Waals surface area (Å²) in [6.45, 7) is 4.16. The molecule has 0 aliphatic carbocycles. The van der Waals surface area contributed by atoms with Crippen LogP contribution in [-0.4, -0.2) is 26.8 Å². The maximum absolute atomic E-state index is 11.9. The molecule has 0 spiro atoms. The second-order valence-corrected chi connectivity index (χ2v) is 7.24. The number of nitrogens with zero attached hydrogens (tertiary/aromatic N) is 2. The van der Waals surface area contributed by atoms with Crippen molar-refractivity contribution in [3.05, 3.63) is 29.8 Å². The number of nitrogens with one attached hydrogen (secondary N) is 1. The zero-order chi connectivity index (χ0) is 15.1. The van der Waals surface area contributed by atoms with Crippen molar-refractivity contribution in [1.29, 1.82) is 0 Å². The molecule has 21 heavy (non-hydrogen) atoms. The lowest BCUT2D eigenvalue weighted by Gasteiger charge is -2.02. The van der Waals surface area contributed by atoms with E-state index in [0.717, 1.165) is 22.2 Å². The van der Waals surface area contributed by atoms with E-state index in [4.69, 9.17) is 0 Å². The molecule has 1 aromatic heterocycles. The van der Waals surface area contributed by atoms with Crippen molar-refractivity contribution >= 4 is 46.1 Å². The first-order valence-corrected chi connectivity index (χ1v) is 9.37. The van der Waals surface area contributed by atoms with Crippen LogP contribution in [0.5, 0.6) is 0 Å². The summed E-state index contributed by atoms with van der Waals surface area (Å²) in [6.07, 6.45) is 1.08. The van der Waals surface area contributed by atoms with Crippen molar-refractivity contribution in [3.8, 4) is 0 Å². The van der Waals surface area contributed by atoms with E-state index in [1.807, 2.05) is 31.2 Å². The van der Waals surface area contributed by atoms with Gasteiger partial charge < -0.3 is 0 Å². The van der Waals surface area contributed by atoms with Crippen LogP contribution < -0.4 is 5.32 Å². The van der Waals surface area contributed by atoms with Crippen molar-refractivity contribution in [2.45, 2.75) is 30.3 Å². The lowest BCUT2D eigenvalue weighted by Crippen LogP contribution is -2.13. The third kappa shape index (κ3) is 5.68. The number of thioether (sulfide) groups is 2. The fourth-order valence-corrected chi connectivity index (χ4v) is 3.57. The Morgan fingerprint density at radius 1 is 1.29 bits per heavy atom. The lowest BCUT2D eigenvalue weighted by atomic mass is 10.2. The topological polar surface area (TPSA) is 54.9 Å². The first kappa shape index (κ1) is 16.3. The second-order valence-electron chi connectivity index (χ2n) is 4.38. The van der Waals surface area contributed by atoms with Gasteiger partial charge in [-0.3, -0.25) is 10.1 Å². The summed E-state index contributed by atoms with van der Waals surface area (Å²) >= 11 is 4.36. The molecule has 1 aromatic carbocycles. The highest BCUT2D eigenvalue weighted by Gasteiger charge is 2.08. The zero-order valence-corrected chi connectivity index (χ0v) is 14.4. The van der Waals surface area contributed by atoms with Gasteiger partial charge in [-0.1, -0.05) is 36.4 Å². The number of aryl methyl sites for hydroxylation is 1. The standard InChI is InChI=1S/C14H17N3OS3/c1-3-8-19-14-16-13(21-17-14)15-12(18)9-20-11-6-4-10(2)5-7-11/h4-7H,3,8-9H2,1-2H3,(H,15,16,17,18). The minimum Gasteiger partial charge on any atom is -0.300 e. The molecule has 0 aliphatic rings. The number of anilines is 1. The second kappa shape index (κ2) is 8.41. The quantitative estimate of drug-likeness (QED) is 0.770. The van der Waals surface area contributed by atoms with Crippen LogP contribution in [0, 0.1) is 6.92 Å². The number of aromatic nitrogens is 2. The maximum atomic E-state index is 11.9. The SMILES string of the molecule is CCCSc1nsc(NC(=O)CSc2ccc(C)cc2)n1. The van der Waals surface area contributed by atoms with Crippen molar-refractivity contribution in [3.63, 3.8) is 0 Å². The van der Waals surface area contributed by atoms with Crippen LogP contribution in [-0.2, 0) is 4.79 Å². The largest absolute Gasteiger partial charge is 0.300 e. The molecule has 1 heterocycles. The predicted molar refractivity (Wildman–Crippen MR) is 91.5 cm³/mol. The molecule has 2 rings (SSSR count). The monoisotopic (exact) mass is 339 g/mol. The molecule has 0 atom stereocenters. The van der Waals surface area contributed by atoms with E-state index in [0.29, 0.717) is 10.9 Å². The van der Waals surface area contributed by atoms with E-state index in [2.05, 4.69) is 21.6 Å². The number of benzene rings is 1. The van der Waals surface area contributed by atoms with Gasteiger partial charge in [0.1, 0.15) is 0 Å². The first-order chi connectivity index (χ1) is 10.2. The van der Waals surface area contributed by atoms with Gasteiger partial charge in [0.25, 0.3) is 0 Å². The Hall–Kier alpha value is -1.05. The molecule has 1 amide bonds. The van der Waals surface area contributed by atoms with Crippen LogP contribution in [0.4, 0.5) is 5.13 Å². The molecular weight excluding hydrogens is 322 g/mol. The smallest absolute Gasteiger partial charge is 0.236 e. The van der Waals surface area contributed by atoms with Gasteiger partial charge >= 0.3 is 0 Å². The Kier molecular flexibility index (Phi) is 6.53. The van der Waals surface area contributed by atoms with Crippen molar-refractivity contribution in [2.75, 3.05) is 16.8 Å². The van der Waals surface area contributed by atoms with E-state index in [1.165, 1.54) is 28.9 Å². The van der Waals surface area contributed by atoms with Crippen LogP contribution in [0.1, 0.15) is 18.9 Å². The van der Waals surface area contributed by atoms with Crippen molar-refractivity contribution < 1.29 is 4.79 Å².